The SMILES string of the molecule is CCOc1ccccc1OCCCC(=O)Nc1nc(CC(=O)OC)cs1. The van der Waals surface area contributed by atoms with Crippen LogP contribution in [0.2, 0.25) is 0 Å². The van der Waals surface area contributed by atoms with Gasteiger partial charge in [0.25, 0.3) is 0 Å². The largest absolute Gasteiger partial charge is 0.490 e. The monoisotopic (exact) mass is 378 g/mol. The van der Waals surface area contributed by atoms with Crippen LogP contribution in [0.15, 0.2) is 29.6 Å². The number of methoxy groups -OCH3 is 1. The van der Waals surface area contributed by atoms with Gasteiger partial charge < -0.3 is 19.5 Å². The summed E-state index contributed by atoms with van der Waals surface area (Å²) >= 11 is 1.28. The first-order valence-electron chi connectivity index (χ1n) is 8.28. The van der Waals surface area contributed by atoms with Crippen LogP contribution in [0.1, 0.15) is 25.5 Å². The Kier molecular flexibility index (Phi) is 7.88. The number of nitrogens with one attached hydrogen (secondary N) is 1. The van der Waals surface area contributed by atoms with Crippen molar-refractivity contribution in [2.75, 3.05) is 25.6 Å². The van der Waals surface area contributed by atoms with E-state index in [-0.39, 0.29) is 18.3 Å². The molecule has 0 bridgehead atoms. The summed E-state index contributed by atoms with van der Waals surface area (Å²) in [6.45, 7) is 2.88. The molecule has 0 aliphatic carbocycles. The first-order valence-corrected chi connectivity index (χ1v) is 9.16. The second-order valence-electron chi connectivity index (χ2n) is 5.28. The number of benzene rings is 1. The molecule has 0 saturated heterocycles. The van der Waals surface area contributed by atoms with E-state index in [1.54, 1.807) is 5.38 Å². The number of thiazole rings is 1. The topological polar surface area (TPSA) is 86.8 Å². The summed E-state index contributed by atoms with van der Waals surface area (Å²) in [5, 5.41) is 4.91. The van der Waals surface area contributed by atoms with E-state index in [2.05, 4.69) is 15.0 Å². The molecular weight excluding hydrogens is 356 g/mol. The van der Waals surface area contributed by atoms with Crippen molar-refractivity contribution in [3.8, 4) is 11.5 Å². The molecular formula is C18H22N2O5S. The van der Waals surface area contributed by atoms with Crippen molar-refractivity contribution in [3.63, 3.8) is 0 Å². The summed E-state index contributed by atoms with van der Waals surface area (Å²) in [4.78, 5) is 27.3. The average molecular weight is 378 g/mol. The molecule has 0 saturated carbocycles. The van der Waals surface area contributed by atoms with Gasteiger partial charge >= 0.3 is 5.97 Å². The number of anilines is 1. The third kappa shape index (κ3) is 6.36. The van der Waals surface area contributed by atoms with Crippen LogP contribution in [0.5, 0.6) is 11.5 Å². The minimum atomic E-state index is -0.363. The number of carbonyl (C=O) groups excluding carboxylic acids is 2. The zero-order valence-electron chi connectivity index (χ0n) is 14.8. The Morgan fingerprint density at radius 3 is 2.62 bits per heavy atom. The number of hydrogen-bond donors (Lipinski definition) is 1. The highest BCUT2D eigenvalue weighted by atomic mass is 32.1. The summed E-state index contributed by atoms with van der Waals surface area (Å²) in [5.41, 5.74) is 0.577. The zero-order valence-corrected chi connectivity index (χ0v) is 15.6. The molecule has 7 nitrogen and oxygen atoms in total. The third-order valence-corrected chi connectivity index (χ3v) is 4.11. The number of para-hydroxylation sites is 2. The van der Waals surface area contributed by atoms with Crippen LogP contribution in [0, 0.1) is 0 Å². The van der Waals surface area contributed by atoms with E-state index in [0.717, 1.165) is 0 Å². The standard InChI is InChI=1S/C18H22N2O5S/c1-3-24-14-7-4-5-8-15(14)25-10-6-9-16(21)20-18-19-13(12-26-18)11-17(22)23-2/h4-5,7-8,12H,3,6,9-11H2,1-2H3,(H,19,20,21). The van der Waals surface area contributed by atoms with Gasteiger partial charge in [-0.1, -0.05) is 12.1 Å². The van der Waals surface area contributed by atoms with Crippen molar-refractivity contribution < 1.29 is 23.8 Å². The zero-order chi connectivity index (χ0) is 18.8. The molecule has 0 unspecified atom stereocenters. The Balaban J connectivity index is 1.72. The van der Waals surface area contributed by atoms with Crippen molar-refractivity contribution in [3.05, 3.63) is 35.3 Å². The number of nitrogens with zero attached hydrogens (tertiary/aromatic N) is 1. The summed E-state index contributed by atoms with van der Waals surface area (Å²) in [7, 11) is 1.33. The van der Waals surface area contributed by atoms with Gasteiger partial charge in [0.15, 0.2) is 16.6 Å². The fraction of sp³-hybridized carbons (Fsp3) is 0.389. The van der Waals surface area contributed by atoms with Crippen LogP contribution in [-0.4, -0.2) is 37.2 Å². The highest BCUT2D eigenvalue weighted by Gasteiger charge is 2.10. The van der Waals surface area contributed by atoms with E-state index in [1.807, 2.05) is 31.2 Å². The van der Waals surface area contributed by atoms with Crippen molar-refractivity contribution in [2.24, 2.45) is 0 Å². The summed E-state index contributed by atoms with van der Waals surface area (Å²) < 4.78 is 15.8. The molecule has 26 heavy (non-hydrogen) atoms. The molecule has 1 N–H and O–H groups in total. The second kappa shape index (κ2) is 10.4. The molecule has 2 rings (SSSR count). The molecule has 1 heterocycles. The van der Waals surface area contributed by atoms with Gasteiger partial charge in [0.05, 0.1) is 32.4 Å². The lowest BCUT2D eigenvalue weighted by atomic mass is 10.3. The molecule has 0 radical (unpaired) electrons. The smallest absolute Gasteiger partial charge is 0.311 e. The first-order chi connectivity index (χ1) is 12.6. The summed E-state index contributed by atoms with van der Waals surface area (Å²) in [5.74, 6) is 0.853. The van der Waals surface area contributed by atoms with Gasteiger partial charge in [0.2, 0.25) is 5.91 Å². The second-order valence-corrected chi connectivity index (χ2v) is 6.13. The fourth-order valence-electron chi connectivity index (χ4n) is 2.11. The Morgan fingerprint density at radius 2 is 1.92 bits per heavy atom. The number of amides is 1. The first kappa shape index (κ1) is 19.7. The fourth-order valence-corrected chi connectivity index (χ4v) is 2.83. The van der Waals surface area contributed by atoms with Crippen LogP contribution < -0.4 is 14.8 Å². The van der Waals surface area contributed by atoms with Gasteiger partial charge in [0.1, 0.15) is 0 Å². The number of carbonyl (C=O) groups is 2. The molecule has 0 atom stereocenters. The van der Waals surface area contributed by atoms with Gasteiger partial charge in [-0.3, -0.25) is 9.59 Å². The molecule has 140 valence electrons. The van der Waals surface area contributed by atoms with Crippen LogP contribution in [0.4, 0.5) is 5.13 Å². The predicted molar refractivity (Wildman–Crippen MR) is 98.8 cm³/mol. The van der Waals surface area contributed by atoms with Crippen molar-refractivity contribution in [2.45, 2.75) is 26.2 Å². The molecule has 2 aromatic rings. The van der Waals surface area contributed by atoms with E-state index in [4.69, 9.17) is 9.47 Å². The lowest BCUT2D eigenvalue weighted by molar-refractivity contribution is -0.139. The van der Waals surface area contributed by atoms with Gasteiger partial charge in [-0.2, -0.15) is 0 Å². The van der Waals surface area contributed by atoms with Crippen molar-refractivity contribution in [1.29, 1.82) is 0 Å². The van der Waals surface area contributed by atoms with Gasteiger partial charge in [0, 0.05) is 11.8 Å². The Morgan fingerprint density at radius 1 is 1.19 bits per heavy atom. The predicted octanol–water partition coefficient (Wildman–Crippen LogP) is 3.06. The van der Waals surface area contributed by atoms with E-state index in [0.29, 0.717) is 48.4 Å². The molecule has 1 aromatic heterocycles. The molecule has 0 aliphatic heterocycles. The van der Waals surface area contributed by atoms with Gasteiger partial charge in [-0.05, 0) is 25.5 Å². The Bertz CT molecular complexity index is 732. The summed E-state index contributed by atoms with van der Waals surface area (Å²) in [6.07, 6.45) is 0.964. The number of esters is 1. The molecule has 1 aromatic carbocycles. The third-order valence-electron chi connectivity index (χ3n) is 3.31. The Labute approximate surface area is 156 Å². The lowest BCUT2D eigenvalue weighted by Crippen LogP contribution is -2.13. The quantitative estimate of drug-likeness (QED) is 0.505. The molecule has 8 heteroatoms. The van der Waals surface area contributed by atoms with Crippen LogP contribution >= 0.6 is 11.3 Å². The molecule has 0 fully saturated rings. The molecule has 0 aliphatic rings. The van der Waals surface area contributed by atoms with Crippen LogP contribution in [-0.2, 0) is 20.7 Å². The molecule has 0 spiro atoms. The Hall–Kier alpha value is -2.61. The van der Waals surface area contributed by atoms with E-state index in [9.17, 15) is 9.59 Å². The van der Waals surface area contributed by atoms with E-state index < -0.39 is 0 Å². The van der Waals surface area contributed by atoms with Crippen LogP contribution in [0.3, 0.4) is 0 Å². The van der Waals surface area contributed by atoms with Gasteiger partial charge in [-0.25, -0.2) is 4.98 Å². The highest BCUT2D eigenvalue weighted by Crippen LogP contribution is 2.26. The minimum absolute atomic E-state index is 0.0932. The summed E-state index contributed by atoms with van der Waals surface area (Å²) in [6, 6.07) is 7.44. The normalized spacial score (nSPS) is 10.2. The lowest BCUT2D eigenvalue weighted by Gasteiger charge is -2.11. The number of ether oxygens (including phenoxy) is 3. The van der Waals surface area contributed by atoms with E-state index in [1.165, 1.54) is 18.4 Å². The van der Waals surface area contributed by atoms with Gasteiger partial charge in [-0.15, -0.1) is 11.3 Å². The maximum atomic E-state index is 12.0. The number of aromatic nitrogens is 1. The van der Waals surface area contributed by atoms with E-state index >= 15 is 0 Å². The average Bonchev–Trinajstić information content (AvgIpc) is 3.06. The molecule has 1 amide bonds. The highest BCUT2D eigenvalue weighted by molar-refractivity contribution is 7.13. The maximum absolute atomic E-state index is 12.0. The number of hydrogen-bond acceptors (Lipinski definition) is 7. The van der Waals surface area contributed by atoms with Crippen LogP contribution in [0.25, 0.3) is 0 Å². The minimum Gasteiger partial charge on any atom is -0.490 e. The van der Waals surface area contributed by atoms with Crippen molar-refractivity contribution >= 4 is 28.3 Å². The number of rotatable bonds is 10. The maximum Gasteiger partial charge on any atom is 0.311 e. The van der Waals surface area contributed by atoms with Crippen molar-refractivity contribution in [1.82, 2.24) is 4.98 Å².